The molecule has 0 radical (unpaired) electrons. The number of hydrogen-bond donors (Lipinski definition) is 1. The van der Waals surface area contributed by atoms with Gasteiger partial charge in [-0.2, -0.15) is 0 Å². The van der Waals surface area contributed by atoms with E-state index in [0.29, 0.717) is 0 Å². The van der Waals surface area contributed by atoms with Gasteiger partial charge in [0.15, 0.2) is 0 Å². The van der Waals surface area contributed by atoms with E-state index in [4.69, 9.17) is 9.93 Å². The van der Waals surface area contributed by atoms with Crippen molar-refractivity contribution in [3.63, 3.8) is 0 Å². The Balaban J connectivity index is 3.20. The van der Waals surface area contributed by atoms with Gasteiger partial charge in [-0.1, -0.05) is 6.92 Å². The molecule has 0 rings (SSSR count). The maximum Gasteiger partial charge on any atom is 0.0657 e. The third kappa shape index (κ3) is 3.11. The number of hydrogen-bond acceptors (Lipinski definition) is 2. The molecule has 0 aliphatic rings. The minimum absolute atomic E-state index is 0.220. The Bertz CT molecular complexity index is 63.4. The van der Waals surface area contributed by atoms with Crippen LogP contribution in [0.3, 0.4) is 0 Å². The van der Waals surface area contributed by atoms with E-state index in [9.17, 15) is 0 Å². The van der Waals surface area contributed by atoms with Crippen molar-refractivity contribution in [2.45, 2.75) is 25.9 Å². The average molecular weight is 133 g/mol. The second kappa shape index (κ2) is 5.20. The van der Waals surface area contributed by atoms with Crippen molar-refractivity contribution < 1.29 is 4.52 Å². The maximum atomic E-state index is 6.73. The highest BCUT2D eigenvalue weighted by molar-refractivity contribution is 7.09. The molecule has 2 atom stereocenters. The van der Waals surface area contributed by atoms with Crippen LogP contribution in [0.2, 0.25) is 0 Å². The summed E-state index contributed by atoms with van der Waals surface area (Å²) in [5, 5.41) is 6.73. The summed E-state index contributed by atoms with van der Waals surface area (Å²) in [6, 6.07) is 0. The molecule has 0 saturated heterocycles. The van der Waals surface area contributed by atoms with Gasteiger partial charge in [-0.15, -0.1) is 0 Å². The lowest BCUT2D eigenvalue weighted by molar-refractivity contribution is 0.244. The Morgan fingerprint density at radius 3 is 2.62 bits per heavy atom. The van der Waals surface area contributed by atoms with Gasteiger partial charge < -0.3 is 9.93 Å². The second-order valence-electron chi connectivity index (χ2n) is 1.61. The molecule has 0 aromatic rings. The summed E-state index contributed by atoms with van der Waals surface area (Å²) in [7, 11) is 2.21. The third-order valence-electron chi connectivity index (χ3n) is 1.03. The first-order chi connectivity index (χ1) is 3.85. The molecule has 0 aromatic heterocycles. The molecule has 0 amide bonds. The normalized spacial score (nSPS) is 13.2. The standard InChI is InChI=1S/C5H12NOP/c1-2-5(7-8)3-4-6/h4-6H,2-3,8H2,1H3. The van der Waals surface area contributed by atoms with E-state index in [2.05, 4.69) is 9.47 Å². The Morgan fingerprint density at radius 1 is 1.88 bits per heavy atom. The highest BCUT2D eigenvalue weighted by Gasteiger charge is 1.98. The SMILES string of the molecule is CCC(CC=N)OP. The summed E-state index contributed by atoms with van der Waals surface area (Å²) in [5.74, 6) is 0. The molecule has 0 heterocycles. The van der Waals surface area contributed by atoms with Crippen molar-refractivity contribution >= 4 is 15.7 Å². The summed E-state index contributed by atoms with van der Waals surface area (Å²) < 4.78 is 4.91. The minimum atomic E-state index is 0.220. The van der Waals surface area contributed by atoms with Gasteiger partial charge in [-0.05, 0) is 12.6 Å². The molecule has 2 unspecified atom stereocenters. The van der Waals surface area contributed by atoms with Crippen LogP contribution in [0.4, 0.5) is 0 Å². The number of rotatable bonds is 4. The molecule has 0 saturated carbocycles. The van der Waals surface area contributed by atoms with Gasteiger partial charge >= 0.3 is 0 Å². The molecule has 8 heavy (non-hydrogen) atoms. The lowest BCUT2D eigenvalue weighted by atomic mass is 10.2. The molecule has 1 N–H and O–H groups in total. The van der Waals surface area contributed by atoms with Crippen LogP contribution in [0.5, 0.6) is 0 Å². The lowest BCUT2D eigenvalue weighted by Gasteiger charge is -2.06. The second-order valence-corrected chi connectivity index (χ2v) is 1.88. The van der Waals surface area contributed by atoms with Gasteiger partial charge in [0.25, 0.3) is 0 Å². The predicted molar refractivity (Wildman–Crippen MR) is 38.3 cm³/mol. The zero-order valence-electron chi connectivity index (χ0n) is 5.05. The predicted octanol–water partition coefficient (Wildman–Crippen LogP) is 1.61. The molecular weight excluding hydrogens is 121 g/mol. The monoisotopic (exact) mass is 133 g/mol. The van der Waals surface area contributed by atoms with Crippen molar-refractivity contribution in [3.8, 4) is 0 Å². The zero-order chi connectivity index (χ0) is 6.41. The summed E-state index contributed by atoms with van der Waals surface area (Å²) in [6.45, 7) is 2.04. The highest BCUT2D eigenvalue weighted by atomic mass is 31.0. The Morgan fingerprint density at radius 2 is 2.50 bits per heavy atom. The molecule has 0 aromatic carbocycles. The molecule has 0 fully saturated rings. The summed E-state index contributed by atoms with van der Waals surface area (Å²) in [5.41, 5.74) is 0. The number of nitrogens with one attached hydrogen (secondary N) is 1. The van der Waals surface area contributed by atoms with Crippen LogP contribution in [0.15, 0.2) is 0 Å². The molecule has 48 valence electrons. The van der Waals surface area contributed by atoms with E-state index in [1.807, 2.05) is 6.92 Å². The maximum absolute atomic E-state index is 6.73. The van der Waals surface area contributed by atoms with Crippen LogP contribution in [0.25, 0.3) is 0 Å². The van der Waals surface area contributed by atoms with Crippen LogP contribution in [0, 0.1) is 5.41 Å². The topological polar surface area (TPSA) is 33.1 Å². The van der Waals surface area contributed by atoms with E-state index >= 15 is 0 Å². The zero-order valence-corrected chi connectivity index (χ0v) is 6.21. The minimum Gasteiger partial charge on any atom is -0.362 e. The smallest absolute Gasteiger partial charge is 0.0657 e. The Labute approximate surface area is 52.4 Å². The van der Waals surface area contributed by atoms with Gasteiger partial charge in [0.1, 0.15) is 0 Å². The average Bonchev–Trinajstić information content (AvgIpc) is 1.83. The van der Waals surface area contributed by atoms with E-state index in [-0.39, 0.29) is 6.10 Å². The van der Waals surface area contributed by atoms with Gasteiger partial charge in [0, 0.05) is 15.9 Å². The molecule has 0 aliphatic carbocycles. The van der Waals surface area contributed by atoms with Crippen LogP contribution in [-0.4, -0.2) is 12.3 Å². The molecule has 0 bridgehead atoms. The first kappa shape index (κ1) is 8.06. The van der Waals surface area contributed by atoms with Crippen molar-refractivity contribution in [2.24, 2.45) is 0 Å². The van der Waals surface area contributed by atoms with Gasteiger partial charge in [-0.3, -0.25) is 0 Å². The van der Waals surface area contributed by atoms with Crippen LogP contribution < -0.4 is 0 Å². The fourth-order valence-electron chi connectivity index (χ4n) is 0.450. The summed E-state index contributed by atoms with van der Waals surface area (Å²) >= 11 is 0. The van der Waals surface area contributed by atoms with E-state index < -0.39 is 0 Å². The van der Waals surface area contributed by atoms with E-state index in [1.165, 1.54) is 6.21 Å². The fraction of sp³-hybridized carbons (Fsp3) is 0.800. The van der Waals surface area contributed by atoms with Crippen LogP contribution in [-0.2, 0) is 4.52 Å². The molecular formula is C5H12NOP. The summed E-state index contributed by atoms with van der Waals surface area (Å²) in [6.07, 6.45) is 3.29. The Hall–Kier alpha value is 0.0600. The first-order valence-corrected chi connectivity index (χ1v) is 3.16. The van der Waals surface area contributed by atoms with E-state index in [1.54, 1.807) is 0 Å². The van der Waals surface area contributed by atoms with Crippen molar-refractivity contribution in [2.75, 3.05) is 0 Å². The van der Waals surface area contributed by atoms with Crippen molar-refractivity contribution in [1.29, 1.82) is 5.41 Å². The van der Waals surface area contributed by atoms with Gasteiger partial charge in [0.2, 0.25) is 0 Å². The van der Waals surface area contributed by atoms with Gasteiger partial charge in [0.05, 0.1) is 6.10 Å². The largest absolute Gasteiger partial charge is 0.362 e. The molecule has 3 heteroatoms. The quantitative estimate of drug-likeness (QED) is 0.458. The van der Waals surface area contributed by atoms with Crippen LogP contribution in [0.1, 0.15) is 19.8 Å². The lowest BCUT2D eigenvalue weighted by Crippen LogP contribution is -2.04. The fourth-order valence-corrected chi connectivity index (χ4v) is 0.753. The molecule has 2 nitrogen and oxygen atoms in total. The van der Waals surface area contributed by atoms with E-state index in [0.717, 1.165) is 12.8 Å². The van der Waals surface area contributed by atoms with Crippen molar-refractivity contribution in [3.05, 3.63) is 0 Å². The van der Waals surface area contributed by atoms with Crippen LogP contribution >= 0.6 is 9.47 Å². The summed E-state index contributed by atoms with van der Waals surface area (Å²) in [4.78, 5) is 0. The first-order valence-electron chi connectivity index (χ1n) is 2.69. The highest BCUT2D eigenvalue weighted by Crippen LogP contribution is 2.04. The third-order valence-corrected chi connectivity index (χ3v) is 1.41. The Kier molecular flexibility index (Phi) is 5.24. The van der Waals surface area contributed by atoms with Gasteiger partial charge in [-0.25, -0.2) is 0 Å². The molecule has 0 spiro atoms. The van der Waals surface area contributed by atoms with Crippen molar-refractivity contribution in [1.82, 2.24) is 0 Å². The molecule has 0 aliphatic heterocycles.